The van der Waals surface area contributed by atoms with Crippen molar-refractivity contribution in [2.45, 2.75) is 0 Å². The van der Waals surface area contributed by atoms with Gasteiger partial charge in [-0.25, -0.2) is 0 Å². The highest BCUT2D eigenvalue weighted by molar-refractivity contribution is 7.66. The van der Waals surface area contributed by atoms with Crippen molar-refractivity contribution < 1.29 is 18.2 Å². The lowest BCUT2D eigenvalue weighted by atomic mass is 10.3. The Hall–Kier alpha value is -1.76. The molecular weight excluding hydrogens is 294 g/mol. The molecule has 0 radical (unpaired) electrons. The highest BCUT2D eigenvalue weighted by Gasteiger charge is 2.17. The van der Waals surface area contributed by atoms with Crippen LogP contribution < -0.4 is 9.05 Å². The van der Waals surface area contributed by atoms with E-state index >= 15 is 0 Å². The van der Waals surface area contributed by atoms with Crippen molar-refractivity contribution in [3.8, 4) is 11.5 Å². The summed E-state index contributed by atoms with van der Waals surface area (Å²) < 4.78 is 34.5. The molecule has 20 heavy (non-hydrogen) atoms. The van der Waals surface area contributed by atoms with Crippen molar-refractivity contribution >= 4 is 14.7 Å². The molecule has 0 aliphatic carbocycles. The lowest BCUT2D eigenvalue weighted by Crippen LogP contribution is -1.89. The van der Waals surface area contributed by atoms with Crippen LogP contribution in [0.2, 0.25) is 0 Å². The van der Waals surface area contributed by atoms with Gasteiger partial charge in [0, 0.05) is 23.3 Å². The zero-order chi connectivity index (χ0) is 15.2. The molecule has 1 aromatic carbocycles. The number of benzene rings is 1. The molecule has 0 amide bonds. The number of hydrogen-bond acceptors (Lipinski definition) is 4. The van der Waals surface area contributed by atoms with Crippen LogP contribution in [0.25, 0.3) is 0 Å². The van der Waals surface area contributed by atoms with E-state index < -0.39 is 14.7 Å². The molecule has 1 rings (SSSR count). The fraction of sp³-hybridized carbons (Fsp3) is 0. The smallest absolute Gasteiger partial charge is 0.291 e. The Balaban J connectivity index is 2.90. The van der Waals surface area contributed by atoms with Crippen LogP contribution in [-0.4, -0.2) is 0 Å². The van der Waals surface area contributed by atoms with E-state index in [4.69, 9.17) is 9.05 Å². The number of hydrogen-bond donors (Lipinski definition) is 0. The summed E-state index contributed by atoms with van der Waals surface area (Å²) in [6.45, 7) is 13.8. The summed E-state index contributed by atoms with van der Waals surface area (Å²) in [4.78, 5) is 0. The molecule has 106 valence electrons. The monoisotopic (exact) mass is 310 g/mol. The Kier molecular flexibility index (Phi) is 5.38. The van der Waals surface area contributed by atoms with E-state index in [0.29, 0.717) is 11.5 Å². The maximum atomic E-state index is 12.0. The molecule has 0 saturated heterocycles. The Morgan fingerprint density at radius 3 is 1.15 bits per heavy atom. The van der Waals surface area contributed by atoms with Crippen LogP contribution in [0, 0.1) is 0 Å². The van der Waals surface area contributed by atoms with Gasteiger partial charge in [-0.3, -0.25) is 9.13 Å². The Morgan fingerprint density at radius 2 is 0.950 bits per heavy atom. The van der Waals surface area contributed by atoms with Gasteiger partial charge in [0.25, 0.3) is 14.7 Å². The molecule has 0 bridgehead atoms. The van der Waals surface area contributed by atoms with Gasteiger partial charge in [-0.05, 0) is 24.3 Å². The van der Waals surface area contributed by atoms with Crippen molar-refractivity contribution in [3.63, 3.8) is 0 Å². The standard InChI is InChI=1S/C14H16O4P2/c1-5-19(15,6-2)17-13-9-11-14(12-10-13)18-20(16,7-3)8-4/h5-12H,1-4H2. The van der Waals surface area contributed by atoms with Gasteiger partial charge in [-0.15, -0.1) is 0 Å². The Bertz CT molecular complexity index is 538. The van der Waals surface area contributed by atoms with Crippen LogP contribution >= 0.6 is 14.7 Å². The minimum absolute atomic E-state index is 0.368. The predicted octanol–water partition coefficient (Wildman–Crippen LogP) is 5.57. The SMILES string of the molecule is C=CP(=O)(C=C)Oc1ccc(OP(=O)(C=C)C=C)cc1. The first-order chi connectivity index (χ1) is 9.40. The second-order valence-corrected chi connectivity index (χ2v) is 8.08. The van der Waals surface area contributed by atoms with Crippen molar-refractivity contribution in [2.24, 2.45) is 0 Å². The summed E-state index contributed by atoms with van der Waals surface area (Å²) in [5.74, 6) is 5.60. The average molecular weight is 310 g/mol. The normalized spacial score (nSPS) is 11.2. The quantitative estimate of drug-likeness (QED) is 0.589. The van der Waals surface area contributed by atoms with Gasteiger partial charge < -0.3 is 9.05 Å². The second kappa shape index (κ2) is 6.60. The van der Waals surface area contributed by atoms with Crippen LogP contribution in [0.1, 0.15) is 0 Å². The molecule has 0 atom stereocenters. The summed E-state index contributed by atoms with van der Waals surface area (Å²) in [7, 11) is -6.14. The van der Waals surface area contributed by atoms with Gasteiger partial charge in [0.15, 0.2) is 0 Å². The van der Waals surface area contributed by atoms with Crippen molar-refractivity contribution in [1.29, 1.82) is 0 Å². The Morgan fingerprint density at radius 1 is 0.700 bits per heavy atom. The summed E-state index contributed by atoms with van der Waals surface area (Å²) >= 11 is 0. The van der Waals surface area contributed by atoms with E-state index in [1.54, 1.807) is 24.3 Å². The fourth-order valence-corrected chi connectivity index (χ4v) is 2.69. The highest BCUT2D eigenvalue weighted by atomic mass is 31.2. The molecule has 0 fully saturated rings. The van der Waals surface area contributed by atoms with Gasteiger partial charge in [0.1, 0.15) is 11.5 Å². The third-order valence-corrected chi connectivity index (χ3v) is 5.37. The molecule has 1 aromatic rings. The van der Waals surface area contributed by atoms with Gasteiger partial charge in [-0.2, -0.15) is 0 Å². The lowest BCUT2D eigenvalue weighted by Gasteiger charge is -2.14. The fourth-order valence-electron chi connectivity index (χ4n) is 1.19. The minimum Gasteiger partial charge on any atom is -0.438 e. The molecule has 0 spiro atoms. The van der Waals surface area contributed by atoms with Gasteiger partial charge in [0.2, 0.25) is 0 Å². The second-order valence-electron chi connectivity index (χ2n) is 3.67. The third kappa shape index (κ3) is 4.12. The molecule has 0 N–H and O–H groups in total. The topological polar surface area (TPSA) is 52.6 Å². The van der Waals surface area contributed by atoms with Gasteiger partial charge in [0.05, 0.1) is 0 Å². The molecule has 6 heteroatoms. The predicted molar refractivity (Wildman–Crippen MR) is 83.7 cm³/mol. The van der Waals surface area contributed by atoms with Crippen LogP contribution in [-0.2, 0) is 9.13 Å². The van der Waals surface area contributed by atoms with Crippen molar-refractivity contribution in [1.82, 2.24) is 0 Å². The van der Waals surface area contributed by atoms with E-state index in [0.717, 1.165) is 0 Å². The number of rotatable bonds is 8. The first kappa shape index (κ1) is 16.3. The van der Waals surface area contributed by atoms with E-state index in [1.807, 2.05) is 0 Å². The minimum atomic E-state index is -3.07. The molecule has 4 nitrogen and oxygen atoms in total. The van der Waals surface area contributed by atoms with Crippen LogP contribution in [0.15, 0.2) is 73.8 Å². The van der Waals surface area contributed by atoms with Crippen LogP contribution in [0.5, 0.6) is 11.5 Å². The van der Waals surface area contributed by atoms with Gasteiger partial charge >= 0.3 is 0 Å². The summed E-state index contributed by atoms with van der Waals surface area (Å²) in [5, 5.41) is 0. The summed E-state index contributed by atoms with van der Waals surface area (Å²) in [6.07, 6.45) is 0. The first-order valence-corrected chi connectivity index (χ1v) is 9.15. The van der Waals surface area contributed by atoms with Crippen LogP contribution in [0.4, 0.5) is 0 Å². The molecular formula is C14H16O4P2. The van der Waals surface area contributed by atoms with Gasteiger partial charge in [-0.1, -0.05) is 26.3 Å². The van der Waals surface area contributed by atoms with E-state index in [2.05, 4.69) is 26.3 Å². The van der Waals surface area contributed by atoms with E-state index in [1.165, 1.54) is 23.3 Å². The first-order valence-electron chi connectivity index (χ1n) is 5.63. The lowest BCUT2D eigenvalue weighted by molar-refractivity contribution is 0.493. The van der Waals surface area contributed by atoms with E-state index in [9.17, 15) is 9.13 Å². The highest BCUT2D eigenvalue weighted by Crippen LogP contribution is 2.51. The largest absolute Gasteiger partial charge is 0.438 e. The maximum Gasteiger partial charge on any atom is 0.291 e. The molecule has 0 heterocycles. The molecule has 0 aliphatic rings. The summed E-state index contributed by atoms with van der Waals surface area (Å²) in [5.41, 5.74) is 0. The maximum absolute atomic E-state index is 12.0. The van der Waals surface area contributed by atoms with Crippen LogP contribution in [0.3, 0.4) is 0 Å². The third-order valence-electron chi connectivity index (χ3n) is 2.34. The zero-order valence-electron chi connectivity index (χ0n) is 11.0. The molecule has 0 aromatic heterocycles. The zero-order valence-corrected chi connectivity index (χ0v) is 12.8. The molecule has 0 unspecified atom stereocenters. The van der Waals surface area contributed by atoms with Crippen molar-refractivity contribution in [2.75, 3.05) is 0 Å². The Labute approximate surface area is 119 Å². The van der Waals surface area contributed by atoms with E-state index in [-0.39, 0.29) is 0 Å². The van der Waals surface area contributed by atoms with Crippen molar-refractivity contribution in [3.05, 3.63) is 73.8 Å². The molecule has 0 aliphatic heterocycles. The average Bonchev–Trinajstić information content (AvgIpc) is 2.49. The summed E-state index contributed by atoms with van der Waals surface area (Å²) in [6, 6.07) is 6.19. The molecule has 0 saturated carbocycles.